The third kappa shape index (κ3) is 1.97. The van der Waals surface area contributed by atoms with E-state index in [-0.39, 0.29) is 17.5 Å². The van der Waals surface area contributed by atoms with Gasteiger partial charge in [-0.05, 0) is 5.56 Å². The van der Waals surface area contributed by atoms with Gasteiger partial charge in [0.05, 0.1) is 5.75 Å². The lowest BCUT2D eigenvalue weighted by Gasteiger charge is -2.29. The molecular weight excluding hydrogens is 250 g/mol. The van der Waals surface area contributed by atoms with Gasteiger partial charge >= 0.3 is 0 Å². The summed E-state index contributed by atoms with van der Waals surface area (Å²) in [5, 5.41) is -0.778. The molecule has 5 heteroatoms. The van der Waals surface area contributed by atoms with Crippen molar-refractivity contribution in [2.24, 2.45) is 5.92 Å². The molecule has 3 rings (SSSR count). The van der Waals surface area contributed by atoms with Gasteiger partial charge in [0.1, 0.15) is 5.25 Å². The van der Waals surface area contributed by atoms with E-state index in [1.807, 2.05) is 30.3 Å². The number of hydrogen-bond acceptors (Lipinski definition) is 4. The third-order valence-corrected chi connectivity index (χ3v) is 5.85. The Morgan fingerprint density at radius 2 is 1.89 bits per heavy atom. The standard InChI is InChI=1S/C13H15NO3S/c15-13-11-7-14(6-10-4-2-1-3-5-10)8-12(13)18(16,17)9-11/h1-5,11-12H,6-9H2/t11-,12+/m0/s1. The molecule has 0 amide bonds. The maximum atomic E-state index is 11.8. The molecule has 0 radical (unpaired) electrons. The molecule has 0 unspecified atom stereocenters. The SMILES string of the molecule is O=C1[C@H]2CN(Cc3ccccc3)C[C@H]1S(=O)(=O)C2. The van der Waals surface area contributed by atoms with Crippen LogP contribution in [0.4, 0.5) is 0 Å². The molecule has 0 aromatic heterocycles. The molecule has 2 saturated heterocycles. The van der Waals surface area contributed by atoms with Crippen LogP contribution >= 0.6 is 0 Å². The second kappa shape index (κ2) is 4.17. The van der Waals surface area contributed by atoms with Gasteiger partial charge in [-0.1, -0.05) is 30.3 Å². The zero-order valence-electron chi connectivity index (χ0n) is 9.95. The predicted octanol–water partition coefficient (Wildman–Crippen LogP) is 0.485. The maximum Gasteiger partial charge on any atom is 0.162 e. The maximum absolute atomic E-state index is 11.8. The highest BCUT2D eigenvalue weighted by Crippen LogP contribution is 2.29. The zero-order valence-corrected chi connectivity index (χ0v) is 10.8. The van der Waals surface area contributed by atoms with Crippen LogP contribution in [0.15, 0.2) is 30.3 Å². The van der Waals surface area contributed by atoms with E-state index in [4.69, 9.17) is 0 Å². The zero-order chi connectivity index (χ0) is 12.8. The number of likely N-dealkylation sites (tertiary alicyclic amines) is 1. The molecule has 2 aliphatic heterocycles. The van der Waals surface area contributed by atoms with Gasteiger partial charge in [0.15, 0.2) is 15.6 Å². The Morgan fingerprint density at radius 3 is 2.56 bits per heavy atom. The monoisotopic (exact) mass is 265 g/mol. The minimum absolute atomic E-state index is 0.0434. The summed E-state index contributed by atoms with van der Waals surface area (Å²) in [6, 6.07) is 9.93. The predicted molar refractivity (Wildman–Crippen MR) is 67.8 cm³/mol. The van der Waals surface area contributed by atoms with Crippen LogP contribution in [-0.2, 0) is 21.2 Å². The highest BCUT2D eigenvalue weighted by atomic mass is 32.2. The molecule has 2 heterocycles. The number of hydrogen-bond donors (Lipinski definition) is 0. The molecule has 0 spiro atoms. The van der Waals surface area contributed by atoms with E-state index in [2.05, 4.69) is 4.90 Å². The first kappa shape index (κ1) is 11.9. The Bertz CT molecular complexity index is 567. The molecule has 2 fully saturated rings. The van der Waals surface area contributed by atoms with Gasteiger partial charge in [-0.15, -0.1) is 0 Å². The minimum atomic E-state index is -3.19. The number of ketones is 1. The van der Waals surface area contributed by atoms with Gasteiger partial charge < -0.3 is 0 Å². The average molecular weight is 265 g/mol. The topological polar surface area (TPSA) is 54.5 Å². The summed E-state index contributed by atoms with van der Waals surface area (Å²) in [4.78, 5) is 13.9. The number of Topliss-reactive ketones (excluding diaryl/α,β-unsaturated/α-hetero) is 1. The first-order chi connectivity index (χ1) is 8.56. The van der Waals surface area contributed by atoms with Crippen molar-refractivity contribution in [2.45, 2.75) is 11.8 Å². The Morgan fingerprint density at radius 1 is 1.17 bits per heavy atom. The Balaban J connectivity index is 1.78. The van der Waals surface area contributed by atoms with E-state index in [0.29, 0.717) is 13.1 Å². The average Bonchev–Trinajstić information content (AvgIpc) is 2.47. The van der Waals surface area contributed by atoms with Crippen LogP contribution in [0.5, 0.6) is 0 Å². The summed E-state index contributed by atoms with van der Waals surface area (Å²) in [5.74, 6) is -0.335. The molecule has 96 valence electrons. The fourth-order valence-corrected chi connectivity index (χ4v) is 4.90. The summed E-state index contributed by atoms with van der Waals surface area (Å²) < 4.78 is 23.6. The van der Waals surface area contributed by atoms with Crippen molar-refractivity contribution in [3.63, 3.8) is 0 Å². The smallest absolute Gasteiger partial charge is 0.162 e. The number of carbonyl (C=O) groups excluding carboxylic acids is 1. The second-order valence-electron chi connectivity index (χ2n) is 5.10. The molecule has 18 heavy (non-hydrogen) atoms. The van der Waals surface area contributed by atoms with Crippen LogP contribution in [-0.4, -0.2) is 43.2 Å². The lowest BCUT2D eigenvalue weighted by atomic mass is 9.98. The largest absolute Gasteiger partial charge is 0.298 e. The summed E-state index contributed by atoms with van der Waals surface area (Å²) in [6.45, 7) is 1.65. The first-order valence-corrected chi connectivity index (χ1v) is 7.79. The van der Waals surface area contributed by atoms with Crippen molar-refractivity contribution in [1.29, 1.82) is 0 Å². The molecular formula is C13H15NO3S. The van der Waals surface area contributed by atoms with Gasteiger partial charge in [0.2, 0.25) is 0 Å². The second-order valence-corrected chi connectivity index (χ2v) is 7.33. The van der Waals surface area contributed by atoms with E-state index < -0.39 is 15.1 Å². The highest BCUT2D eigenvalue weighted by molar-refractivity contribution is 7.93. The van der Waals surface area contributed by atoms with Crippen molar-refractivity contribution in [3.05, 3.63) is 35.9 Å². The highest BCUT2D eigenvalue weighted by Gasteiger charge is 2.50. The fourth-order valence-electron chi connectivity index (χ4n) is 2.86. The van der Waals surface area contributed by atoms with Crippen LogP contribution in [0.1, 0.15) is 5.56 Å². The van der Waals surface area contributed by atoms with Gasteiger partial charge in [-0.3, -0.25) is 9.69 Å². The lowest BCUT2D eigenvalue weighted by Crippen LogP contribution is -2.45. The van der Waals surface area contributed by atoms with Crippen LogP contribution in [0.2, 0.25) is 0 Å². The number of nitrogens with zero attached hydrogens (tertiary/aromatic N) is 1. The Labute approximate surface area is 107 Å². The van der Waals surface area contributed by atoms with Crippen molar-refractivity contribution >= 4 is 15.6 Å². The van der Waals surface area contributed by atoms with Crippen molar-refractivity contribution < 1.29 is 13.2 Å². The van der Waals surface area contributed by atoms with Crippen LogP contribution < -0.4 is 0 Å². The molecule has 2 aliphatic rings. The summed E-state index contributed by atoms with van der Waals surface area (Å²) in [5.41, 5.74) is 1.16. The molecule has 0 saturated carbocycles. The summed E-state index contributed by atoms with van der Waals surface area (Å²) >= 11 is 0. The van der Waals surface area contributed by atoms with Crippen LogP contribution in [0.3, 0.4) is 0 Å². The number of carbonyl (C=O) groups is 1. The van der Waals surface area contributed by atoms with E-state index in [9.17, 15) is 13.2 Å². The number of rotatable bonds is 2. The van der Waals surface area contributed by atoms with E-state index in [0.717, 1.165) is 12.1 Å². The molecule has 1 aromatic carbocycles. The van der Waals surface area contributed by atoms with Gasteiger partial charge in [0, 0.05) is 25.6 Å². The van der Waals surface area contributed by atoms with Gasteiger partial charge in [-0.2, -0.15) is 0 Å². The molecule has 1 aromatic rings. The molecule has 2 bridgehead atoms. The quantitative estimate of drug-likeness (QED) is 0.780. The third-order valence-electron chi connectivity index (χ3n) is 3.74. The van der Waals surface area contributed by atoms with Crippen LogP contribution in [0.25, 0.3) is 0 Å². The number of benzene rings is 1. The fraction of sp³-hybridized carbons (Fsp3) is 0.462. The van der Waals surface area contributed by atoms with Gasteiger partial charge in [0.25, 0.3) is 0 Å². The number of fused-ring (bicyclic) bond motifs is 2. The van der Waals surface area contributed by atoms with Crippen LogP contribution in [0, 0.1) is 5.92 Å². The molecule has 0 N–H and O–H groups in total. The Hall–Kier alpha value is -1.20. The van der Waals surface area contributed by atoms with Gasteiger partial charge in [-0.25, -0.2) is 8.42 Å². The van der Waals surface area contributed by atoms with E-state index >= 15 is 0 Å². The first-order valence-electron chi connectivity index (χ1n) is 6.08. The Kier molecular flexibility index (Phi) is 2.75. The minimum Gasteiger partial charge on any atom is -0.298 e. The summed E-state index contributed by atoms with van der Waals surface area (Å²) in [6.07, 6.45) is 0. The van der Waals surface area contributed by atoms with Crippen molar-refractivity contribution in [3.8, 4) is 0 Å². The molecule has 2 atom stereocenters. The van der Waals surface area contributed by atoms with Crippen molar-refractivity contribution in [2.75, 3.05) is 18.8 Å². The summed E-state index contributed by atoms with van der Waals surface area (Å²) in [7, 11) is -3.19. The van der Waals surface area contributed by atoms with E-state index in [1.54, 1.807) is 0 Å². The number of piperidine rings is 1. The molecule has 4 nitrogen and oxygen atoms in total. The molecule has 0 aliphatic carbocycles. The lowest BCUT2D eigenvalue weighted by molar-refractivity contribution is -0.124. The van der Waals surface area contributed by atoms with E-state index in [1.165, 1.54) is 0 Å². The van der Waals surface area contributed by atoms with Crippen molar-refractivity contribution in [1.82, 2.24) is 4.90 Å². The normalized spacial score (nSPS) is 30.6. The number of sulfone groups is 1.